The molecule has 0 spiro atoms. The zero-order valence-electron chi connectivity index (χ0n) is 12.0. The molecule has 2 aromatic heterocycles. The van der Waals surface area contributed by atoms with Crippen LogP contribution in [0.1, 0.15) is 24.6 Å². The van der Waals surface area contributed by atoms with E-state index in [2.05, 4.69) is 15.2 Å². The predicted molar refractivity (Wildman–Crippen MR) is 77.2 cm³/mol. The van der Waals surface area contributed by atoms with Gasteiger partial charge >= 0.3 is 5.69 Å². The fourth-order valence-corrected chi connectivity index (χ4v) is 2.07. The van der Waals surface area contributed by atoms with E-state index in [1.807, 2.05) is 30.3 Å². The van der Waals surface area contributed by atoms with Crippen LogP contribution in [0.2, 0.25) is 0 Å². The van der Waals surface area contributed by atoms with Crippen LogP contribution >= 0.6 is 0 Å². The van der Waals surface area contributed by atoms with Crippen LogP contribution in [0.25, 0.3) is 11.4 Å². The number of nitrogens with zero attached hydrogens (tertiary/aromatic N) is 5. The molecule has 1 unspecified atom stereocenters. The van der Waals surface area contributed by atoms with E-state index in [0.29, 0.717) is 17.4 Å². The molecule has 0 aliphatic rings. The quantitative estimate of drug-likeness (QED) is 0.542. The van der Waals surface area contributed by atoms with Crippen LogP contribution < -0.4 is 0 Å². The van der Waals surface area contributed by atoms with Gasteiger partial charge < -0.3 is 4.52 Å². The van der Waals surface area contributed by atoms with Gasteiger partial charge in [-0.2, -0.15) is 10.1 Å². The molecule has 8 heteroatoms. The van der Waals surface area contributed by atoms with Crippen molar-refractivity contribution in [2.45, 2.75) is 19.9 Å². The van der Waals surface area contributed by atoms with E-state index in [-0.39, 0.29) is 5.69 Å². The topological polar surface area (TPSA) is 99.9 Å². The van der Waals surface area contributed by atoms with Crippen molar-refractivity contribution in [1.29, 1.82) is 0 Å². The predicted octanol–water partition coefficient (Wildman–Crippen LogP) is 2.76. The summed E-state index contributed by atoms with van der Waals surface area (Å²) in [6.07, 6.45) is 1.37. The summed E-state index contributed by atoms with van der Waals surface area (Å²) < 4.78 is 6.71. The second-order valence-electron chi connectivity index (χ2n) is 4.84. The highest BCUT2D eigenvalue weighted by Crippen LogP contribution is 2.23. The third-order valence-corrected chi connectivity index (χ3v) is 3.32. The van der Waals surface area contributed by atoms with Gasteiger partial charge in [-0.3, -0.25) is 14.8 Å². The number of hydrogen-bond donors (Lipinski definition) is 0. The van der Waals surface area contributed by atoms with E-state index in [1.165, 1.54) is 10.9 Å². The SMILES string of the molecule is Cc1nn(C(C)c2nc(-c3ccccc3)no2)cc1[N+](=O)[O-]. The number of aromatic nitrogens is 4. The average Bonchev–Trinajstić information content (AvgIpc) is 3.14. The highest BCUT2D eigenvalue weighted by Gasteiger charge is 2.22. The van der Waals surface area contributed by atoms with Gasteiger partial charge in [-0.1, -0.05) is 35.5 Å². The highest BCUT2D eigenvalue weighted by atomic mass is 16.6. The zero-order valence-corrected chi connectivity index (χ0v) is 12.0. The Bertz CT molecular complexity index is 809. The summed E-state index contributed by atoms with van der Waals surface area (Å²) in [5, 5.41) is 19.0. The second-order valence-corrected chi connectivity index (χ2v) is 4.84. The molecule has 3 rings (SSSR count). The zero-order chi connectivity index (χ0) is 15.7. The second kappa shape index (κ2) is 5.40. The molecular weight excluding hydrogens is 286 g/mol. The maximum atomic E-state index is 10.9. The van der Waals surface area contributed by atoms with Crippen molar-refractivity contribution >= 4 is 5.69 Å². The van der Waals surface area contributed by atoms with Crippen LogP contribution in [0.4, 0.5) is 5.69 Å². The first-order valence-electron chi connectivity index (χ1n) is 6.65. The Morgan fingerprint density at radius 2 is 2.05 bits per heavy atom. The maximum Gasteiger partial charge on any atom is 0.309 e. The van der Waals surface area contributed by atoms with E-state index in [9.17, 15) is 10.1 Å². The molecule has 0 bridgehead atoms. The highest BCUT2D eigenvalue weighted by molar-refractivity contribution is 5.53. The lowest BCUT2D eigenvalue weighted by atomic mass is 10.2. The van der Waals surface area contributed by atoms with Gasteiger partial charge in [0.05, 0.1) is 4.92 Å². The molecule has 3 aromatic rings. The number of nitro groups is 1. The molecule has 8 nitrogen and oxygen atoms in total. The Morgan fingerprint density at radius 1 is 1.32 bits per heavy atom. The largest absolute Gasteiger partial charge is 0.337 e. The molecule has 112 valence electrons. The van der Waals surface area contributed by atoms with Gasteiger partial charge in [-0.25, -0.2) is 0 Å². The Kier molecular flexibility index (Phi) is 3.42. The van der Waals surface area contributed by atoms with Gasteiger partial charge in [0.15, 0.2) is 0 Å². The summed E-state index contributed by atoms with van der Waals surface area (Å²) in [6, 6.07) is 9.03. The summed E-state index contributed by atoms with van der Waals surface area (Å²) in [5.41, 5.74) is 1.15. The molecule has 1 aromatic carbocycles. The van der Waals surface area contributed by atoms with E-state index in [4.69, 9.17) is 4.52 Å². The van der Waals surface area contributed by atoms with Crippen molar-refractivity contribution in [2.24, 2.45) is 0 Å². The first-order chi connectivity index (χ1) is 10.6. The van der Waals surface area contributed by atoms with Crippen molar-refractivity contribution in [3.63, 3.8) is 0 Å². The third-order valence-electron chi connectivity index (χ3n) is 3.32. The molecule has 0 N–H and O–H groups in total. The summed E-state index contributed by atoms with van der Waals surface area (Å²) in [5.74, 6) is 0.817. The summed E-state index contributed by atoms with van der Waals surface area (Å²) >= 11 is 0. The number of benzene rings is 1. The lowest BCUT2D eigenvalue weighted by molar-refractivity contribution is -0.385. The third kappa shape index (κ3) is 2.46. The fraction of sp³-hybridized carbons (Fsp3) is 0.214. The normalized spacial score (nSPS) is 12.3. The lowest BCUT2D eigenvalue weighted by Crippen LogP contribution is -2.07. The average molecular weight is 299 g/mol. The molecular formula is C14H13N5O3. The monoisotopic (exact) mass is 299 g/mol. The number of hydrogen-bond acceptors (Lipinski definition) is 6. The van der Waals surface area contributed by atoms with Crippen molar-refractivity contribution in [2.75, 3.05) is 0 Å². The van der Waals surface area contributed by atoms with Crippen LogP contribution in [-0.4, -0.2) is 24.8 Å². The Labute approximate surface area is 125 Å². The van der Waals surface area contributed by atoms with Crippen LogP contribution in [0.5, 0.6) is 0 Å². The Hall–Kier alpha value is -3.03. The molecule has 2 heterocycles. The fourth-order valence-electron chi connectivity index (χ4n) is 2.07. The van der Waals surface area contributed by atoms with Gasteiger partial charge in [0.25, 0.3) is 5.89 Å². The summed E-state index contributed by atoms with van der Waals surface area (Å²) in [7, 11) is 0. The summed E-state index contributed by atoms with van der Waals surface area (Å²) in [4.78, 5) is 14.8. The molecule has 0 amide bonds. The minimum absolute atomic E-state index is 0.0327. The van der Waals surface area contributed by atoms with Crippen LogP contribution in [-0.2, 0) is 0 Å². The van der Waals surface area contributed by atoms with E-state index in [1.54, 1.807) is 13.8 Å². The molecule has 0 saturated carbocycles. The number of rotatable bonds is 4. The molecule has 1 atom stereocenters. The number of aryl methyl sites for hydroxylation is 1. The van der Waals surface area contributed by atoms with Crippen molar-refractivity contribution in [3.05, 3.63) is 58.2 Å². The minimum atomic E-state index is -0.464. The van der Waals surface area contributed by atoms with Crippen LogP contribution in [0, 0.1) is 17.0 Å². The molecule has 0 radical (unpaired) electrons. The van der Waals surface area contributed by atoms with Gasteiger partial charge in [0, 0.05) is 5.56 Å². The first-order valence-corrected chi connectivity index (χ1v) is 6.65. The van der Waals surface area contributed by atoms with Crippen molar-refractivity contribution in [3.8, 4) is 11.4 Å². The van der Waals surface area contributed by atoms with E-state index < -0.39 is 11.0 Å². The molecule has 0 fully saturated rings. The first kappa shape index (κ1) is 13.9. The van der Waals surface area contributed by atoms with E-state index in [0.717, 1.165) is 5.56 Å². The maximum absolute atomic E-state index is 10.9. The van der Waals surface area contributed by atoms with Crippen LogP contribution in [0.15, 0.2) is 41.1 Å². The smallest absolute Gasteiger partial charge is 0.309 e. The van der Waals surface area contributed by atoms with Gasteiger partial charge in [0.1, 0.15) is 17.9 Å². The van der Waals surface area contributed by atoms with Gasteiger partial charge in [-0.15, -0.1) is 0 Å². The Balaban J connectivity index is 1.90. The molecule has 22 heavy (non-hydrogen) atoms. The minimum Gasteiger partial charge on any atom is -0.337 e. The Morgan fingerprint density at radius 3 is 2.68 bits per heavy atom. The van der Waals surface area contributed by atoms with E-state index >= 15 is 0 Å². The molecule has 0 aliphatic carbocycles. The van der Waals surface area contributed by atoms with Gasteiger partial charge in [-0.05, 0) is 13.8 Å². The summed E-state index contributed by atoms with van der Waals surface area (Å²) in [6.45, 7) is 3.38. The van der Waals surface area contributed by atoms with Crippen molar-refractivity contribution < 1.29 is 9.45 Å². The van der Waals surface area contributed by atoms with Crippen LogP contribution in [0.3, 0.4) is 0 Å². The molecule has 0 saturated heterocycles. The standard InChI is InChI=1S/C14H13N5O3/c1-9-12(19(20)21)8-18(16-9)10(2)14-15-13(17-22-14)11-6-4-3-5-7-11/h3-8,10H,1-2H3. The lowest BCUT2D eigenvalue weighted by Gasteiger charge is -2.05. The van der Waals surface area contributed by atoms with Gasteiger partial charge in [0.2, 0.25) is 5.82 Å². The van der Waals surface area contributed by atoms with Crippen molar-refractivity contribution in [1.82, 2.24) is 19.9 Å². The molecule has 0 aliphatic heterocycles.